The molecule has 0 aliphatic heterocycles. The quantitative estimate of drug-likeness (QED) is 0.743. The molecule has 2 heteroatoms. The number of benzene rings is 1. The van der Waals surface area contributed by atoms with Crippen molar-refractivity contribution >= 4 is 0 Å². The SMILES string of the molecule is CNCc1ccc(CCNC(C)C)cc1. The molecule has 1 aromatic carbocycles. The molecule has 84 valence electrons. The zero-order valence-corrected chi connectivity index (χ0v) is 10.0. The molecule has 0 spiro atoms. The minimum atomic E-state index is 0.577. The molecule has 0 atom stereocenters. The van der Waals surface area contributed by atoms with Crippen LogP contribution in [0.3, 0.4) is 0 Å². The lowest BCUT2D eigenvalue weighted by Crippen LogP contribution is -2.24. The minimum Gasteiger partial charge on any atom is -0.316 e. The topological polar surface area (TPSA) is 24.1 Å². The summed E-state index contributed by atoms with van der Waals surface area (Å²) in [6.07, 6.45) is 1.11. The van der Waals surface area contributed by atoms with Gasteiger partial charge in [-0.15, -0.1) is 0 Å². The number of rotatable bonds is 6. The predicted octanol–water partition coefficient (Wildman–Crippen LogP) is 1.95. The van der Waals surface area contributed by atoms with Crippen LogP contribution in [0.1, 0.15) is 25.0 Å². The van der Waals surface area contributed by atoms with Crippen LogP contribution in [0.25, 0.3) is 0 Å². The summed E-state index contributed by atoms with van der Waals surface area (Å²) in [5.41, 5.74) is 2.75. The van der Waals surface area contributed by atoms with E-state index in [1.54, 1.807) is 0 Å². The van der Waals surface area contributed by atoms with Crippen LogP contribution >= 0.6 is 0 Å². The van der Waals surface area contributed by atoms with E-state index in [1.165, 1.54) is 11.1 Å². The van der Waals surface area contributed by atoms with Crippen molar-refractivity contribution in [3.05, 3.63) is 35.4 Å². The lowest BCUT2D eigenvalue weighted by atomic mass is 10.1. The number of nitrogens with one attached hydrogen (secondary N) is 2. The first kappa shape index (κ1) is 12.2. The summed E-state index contributed by atoms with van der Waals surface area (Å²) in [4.78, 5) is 0. The van der Waals surface area contributed by atoms with E-state index in [0.29, 0.717) is 6.04 Å². The van der Waals surface area contributed by atoms with Gasteiger partial charge in [0.1, 0.15) is 0 Å². The summed E-state index contributed by atoms with van der Waals surface area (Å²) in [7, 11) is 1.97. The van der Waals surface area contributed by atoms with E-state index in [0.717, 1.165) is 19.5 Å². The first-order valence-electron chi connectivity index (χ1n) is 5.68. The van der Waals surface area contributed by atoms with E-state index < -0.39 is 0 Å². The van der Waals surface area contributed by atoms with Gasteiger partial charge < -0.3 is 10.6 Å². The first-order chi connectivity index (χ1) is 7.22. The Balaban J connectivity index is 2.36. The Morgan fingerprint density at radius 3 is 2.20 bits per heavy atom. The molecule has 2 N–H and O–H groups in total. The molecule has 0 aromatic heterocycles. The second kappa shape index (κ2) is 6.59. The normalized spacial score (nSPS) is 10.9. The Bertz CT molecular complexity index is 264. The van der Waals surface area contributed by atoms with Crippen molar-refractivity contribution in [3.63, 3.8) is 0 Å². The highest BCUT2D eigenvalue weighted by molar-refractivity contribution is 5.22. The van der Waals surface area contributed by atoms with Gasteiger partial charge in [-0.05, 0) is 31.1 Å². The van der Waals surface area contributed by atoms with Gasteiger partial charge in [-0.1, -0.05) is 38.1 Å². The van der Waals surface area contributed by atoms with Crippen LogP contribution in [0.4, 0.5) is 0 Å². The summed E-state index contributed by atoms with van der Waals surface area (Å²) in [5.74, 6) is 0. The van der Waals surface area contributed by atoms with Crippen LogP contribution in [-0.2, 0) is 13.0 Å². The highest BCUT2D eigenvalue weighted by Crippen LogP contribution is 2.04. The maximum Gasteiger partial charge on any atom is 0.0202 e. The smallest absolute Gasteiger partial charge is 0.0202 e. The average molecular weight is 206 g/mol. The van der Waals surface area contributed by atoms with Gasteiger partial charge in [0.25, 0.3) is 0 Å². The summed E-state index contributed by atoms with van der Waals surface area (Å²) < 4.78 is 0. The molecule has 0 heterocycles. The fourth-order valence-electron chi connectivity index (χ4n) is 1.53. The maximum absolute atomic E-state index is 3.42. The van der Waals surface area contributed by atoms with Gasteiger partial charge in [0, 0.05) is 12.6 Å². The zero-order valence-electron chi connectivity index (χ0n) is 10.0. The van der Waals surface area contributed by atoms with E-state index in [1.807, 2.05) is 7.05 Å². The standard InChI is InChI=1S/C13H22N2/c1-11(2)15-9-8-12-4-6-13(7-5-12)10-14-3/h4-7,11,14-15H,8-10H2,1-3H3. The monoisotopic (exact) mass is 206 g/mol. The van der Waals surface area contributed by atoms with Crippen LogP contribution in [-0.4, -0.2) is 19.6 Å². The van der Waals surface area contributed by atoms with Gasteiger partial charge in [0.05, 0.1) is 0 Å². The fourth-order valence-corrected chi connectivity index (χ4v) is 1.53. The summed E-state index contributed by atoms with van der Waals surface area (Å²) in [6.45, 7) is 6.36. The second-order valence-corrected chi connectivity index (χ2v) is 4.21. The van der Waals surface area contributed by atoms with Crippen molar-refractivity contribution in [3.8, 4) is 0 Å². The maximum atomic E-state index is 3.42. The first-order valence-corrected chi connectivity index (χ1v) is 5.68. The molecule has 0 unspecified atom stereocenters. The third-order valence-corrected chi connectivity index (χ3v) is 2.37. The predicted molar refractivity (Wildman–Crippen MR) is 66.0 cm³/mol. The van der Waals surface area contributed by atoms with E-state index >= 15 is 0 Å². The molecular weight excluding hydrogens is 184 g/mol. The lowest BCUT2D eigenvalue weighted by molar-refractivity contribution is 0.590. The van der Waals surface area contributed by atoms with Crippen LogP contribution in [0.2, 0.25) is 0 Å². The zero-order chi connectivity index (χ0) is 11.1. The Morgan fingerprint density at radius 1 is 1.07 bits per heavy atom. The van der Waals surface area contributed by atoms with Crippen molar-refractivity contribution < 1.29 is 0 Å². The van der Waals surface area contributed by atoms with E-state index in [2.05, 4.69) is 48.7 Å². The van der Waals surface area contributed by atoms with Crippen LogP contribution in [0.15, 0.2) is 24.3 Å². The van der Waals surface area contributed by atoms with Crippen LogP contribution in [0.5, 0.6) is 0 Å². The van der Waals surface area contributed by atoms with E-state index in [-0.39, 0.29) is 0 Å². The largest absolute Gasteiger partial charge is 0.316 e. The second-order valence-electron chi connectivity index (χ2n) is 4.21. The molecule has 1 rings (SSSR count). The number of hydrogen-bond acceptors (Lipinski definition) is 2. The molecule has 0 aliphatic carbocycles. The summed E-state index contributed by atoms with van der Waals surface area (Å²) in [5, 5.41) is 6.57. The molecule has 0 fully saturated rings. The molecule has 0 bridgehead atoms. The Hall–Kier alpha value is -0.860. The number of hydrogen-bond donors (Lipinski definition) is 2. The fraction of sp³-hybridized carbons (Fsp3) is 0.538. The van der Waals surface area contributed by atoms with Gasteiger partial charge in [-0.3, -0.25) is 0 Å². The van der Waals surface area contributed by atoms with Crippen LogP contribution in [0, 0.1) is 0 Å². The molecule has 0 saturated heterocycles. The summed E-state index contributed by atoms with van der Waals surface area (Å²) in [6, 6.07) is 9.40. The molecule has 15 heavy (non-hydrogen) atoms. The van der Waals surface area contributed by atoms with Gasteiger partial charge in [0.15, 0.2) is 0 Å². The van der Waals surface area contributed by atoms with Crippen molar-refractivity contribution in [2.45, 2.75) is 32.9 Å². The minimum absolute atomic E-state index is 0.577. The van der Waals surface area contributed by atoms with Crippen molar-refractivity contribution in [1.82, 2.24) is 10.6 Å². The van der Waals surface area contributed by atoms with Crippen molar-refractivity contribution in [2.24, 2.45) is 0 Å². The summed E-state index contributed by atoms with van der Waals surface area (Å²) >= 11 is 0. The molecule has 0 saturated carbocycles. The third kappa shape index (κ3) is 4.96. The molecule has 2 nitrogen and oxygen atoms in total. The van der Waals surface area contributed by atoms with E-state index in [9.17, 15) is 0 Å². The Morgan fingerprint density at radius 2 is 1.67 bits per heavy atom. The van der Waals surface area contributed by atoms with Crippen molar-refractivity contribution in [2.75, 3.05) is 13.6 Å². The molecule has 0 amide bonds. The highest BCUT2D eigenvalue weighted by Gasteiger charge is 1.95. The molecule has 0 radical (unpaired) electrons. The van der Waals surface area contributed by atoms with Crippen LogP contribution < -0.4 is 10.6 Å². The van der Waals surface area contributed by atoms with Gasteiger partial charge in [0.2, 0.25) is 0 Å². The Labute approximate surface area is 93.1 Å². The Kier molecular flexibility index (Phi) is 5.37. The van der Waals surface area contributed by atoms with Crippen molar-refractivity contribution in [1.29, 1.82) is 0 Å². The molecule has 1 aromatic rings. The third-order valence-electron chi connectivity index (χ3n) is 2.37. The van der Waals surface area contributed by atoms with Gasteiger partial charge in [-0.25, -0.2) is 0 Å². The lowest BCUT2D eigenvalue weighted by Gasteiger charge is -2.08. The van der Waals surface area contributed by atoms with E-state index in [4.69, 9.17) is 0 Å². The highest BCUT2D eigenvalue weighted by atomic mass is 14.9. The average Bonchev–Trinajstić information content (AvgIpc) is 2.20. The molecular formula is C13H22N2. The molecule has 0 aliphatic rings. The van der Waals surface area contributed by atoms with Gasteiger partial charge in [-0.2, -0.15) is 0 Å². The van der Waals surface area contributed by atoms with Gasteiger partial charge >= 0.3 is 0 Å².